The van der Waals surface area contributed by atoms with Crippen LogP contribution in [0, 0.1) is 5.92 Å². The van der Waals surface area contributed by atoms with E-state index in [1.54, 1.807) is 42.2 Å². The molecule has 0 spiro atoms. The van der Waals surface area contributed by atoms with Crippen LogP contribution in [0.2, 0.25) is 0 Å². The SMILES string of the molecule is COc1cc(CO[P+](=O)O)ccc1Nc1ncc(C(F)(F)F)c(NC2C=CC(c3cnn(CCCCO)c3)=C3CN(C)C(=O)C32)n1. The molecule has 5 rings (SSSR count). The Labute approximate surface area is 262 Å². The van der Waals surface area contributed by atoms with Crippen LogP contribution in [-0.2, 0) is 33.2 Å². The van der Waals surface area contributed by atoms with E-state index in [2.05, 4.69) is 25.7 Å². The number of likely N-dealkylation sites (tertiary alicyclic amines) is 1. The number of anilines is 3. The molecule has 1 saturated heterocycles. The molecular weight excluding hydrogens is 630 g/mol. The molecule has 13 nitrogen and oxygen atoms in total. The van der Waals surface area contributed by atoms with Crippen LogP contribution in [-0.4, -0.2) is 73.9 Å². The predicted molar refractivity (Wildman–Crippen MR) is 161 cm³/mol. The molecule has 4 N–H and O–H groups in total. The van der Waals surface area contributed by atoms with E-state index < -0.39 is 37.8 Å². The molecule has 1 aliphatic heterocycles. The van der Waals surface area contributed by atoms with Gasteiger partial charge in [-0.05, 0) is 41.7 Å². The van der Waals surface area contributed by atoms with E-state index in [4.69, 9.17) is 19.3 Å². The number of rotatable bonds is 13. The van der Waals surface area contributed by atoms with Gasteiger partial charge in [0.1, 0.15) is 23.7 Å². The van der Waals surface area contributed by atoms with E-state index in [0.717, 1.165) is 23.1 Å². The number of ether oxygens (including phenoxy) is 1. The topological polar surface area (TPSA) is 164 Å². The number of fused-ring (bicyclic) bond motifs is 1. The molecule has 3 atom stereocenters. The van der Waals surface area contributed by atoms with E-state index >= 15 is 0 Å². The molecular formula is C29H32F3N7O6P+. The summed E-state index contributed by atoms with van der Waals surface area (Å²) in [6.45, 7) is 0.836. The highest BCUT2D eigenvalue weighted by Gasteiger charge is 2.44. The summed E-state index contributed by atoms with van der Waals surface area (Å²) < 4.78 is 65.1. The number of carbonyl (C=O) groups excluding carboxylic acids is 1. The Bertz CT molecular complexity index is 1680. The second kappa shape index (κ2) is 14.0. The molecule has 3 heterocycles. The molecule has 17 heteroatoms. The van der Waals surface area contributed by atoms with Crippen LogP contribution in [0.3, 0.4) is 0 Å². The van der Waals surface area contributed by atoms with E-state index in [1.165, 1.54) is 18.1 Å². The summed E-state index contributed by atoms with van der Waals surface area (Å²) in [7, 11) is 0.219. The monoisotopic (exact) mass is 662 g/mol. The van der Waals surface area contributed by atoms with Crippen LogP contribution in [0.25, 0.3) is 5.57 Å². The number of aromatic nitrogens is 4. The average Bonchev–Trinajstić information content (AvgIpc) is 3.60. The number of carbonyl (C=O) groups is 1. The van der Waals surface area contributed by atoms with Crippen molar-refractivity contribution in [2.24, 2.45) is 5.92 Å². The fourth-order valence-corrected chi connectivity index (χ4v) is 5.64. The van der Waals surface area contributed by atoms with Crippen molar-refractivity contribution in [3.8, 4) is 5.75 Å². The molecule has 0 radical (unpaired) electrons. The van der Waals surface area contributed by atoms with Gasteiger partial charge in [-0.1, -0.05) is 18.2 Å². The Morgan fingerprint density at radius 1 is 1.22 bits per heavy atom. The van der Waals surface area contributed by atoms with Crippen LogP contribution in [0.15, 0.2) is 54.5 Å². The number of aliphatic hydroxyl groups excluding tert-OH is 1. The number of nitrogens with zero attached hydrogens (tertiary/aromatic N) is 5. The zero-order valence-corrected chi connectivity index (χ0v) is 25.8. The van der Waals surface area contributed by atoms with Gasteiger partial charge in [0.05, 0.1) is 31.0 Å². The Balaban J connectivity index is 1.42. The highest BCUT2D eigenvalue weighted by Crippen LogP contribution is 2.41. The van der Waals surface area contributed by atoms with E-state index in [-0.39, 0.29) is 30.8 Å². The third-order valence-corrected chi connectivity index (χ3v) is 7.94. The highest BCUT2D eigenvalue weighted by atomic mass is 31.1. The minimum Gasteiger partial charge on any atom is -0.495 e. The van der Waals surface area contributed by atoms with Gasteiger partial charge in [0.2, 0.25) is 11.9 Å². The number of allylic oxidation sites excluding steroid dienone is 2. The maximum absolute atomic E-state index is 14.1. The van der Waals surface area contributed by atoms with Crippen molar-refractivity contribution in [1.29, 1.82) is 0 Å². The zero-order valence-electron chi connectivity index (χ0n) is 24.9. The minimum atomic E-state index is -4.79. The summed E-state index contributed by atoms with van der Waals surface area (Å²) in [5.74, 6) is -1.45. The number of alkyl halides is 3. The number of aryl methyl sites for hydroxylation is 1. The van der Waals surface area contributed by atoms with Gasteiger partial charge in [-0.3, -0.25) is 9.48 Å². The number of benzene rings is 1. The number of methoxy groups -OCH3 is 1. The number of unbranched alkanes of at least 4 members (excludes halogenated alkanes) is 1. The zero-order chi connectivity index (χ0) is 33.0. The maximum Gasteiger partial charge on any atom is 0.695 e. The van der Waals surface area contributed by atoms with Crippen molar-refractivity contribution in [3.63, 3.8) is 0 Å². The summed E-state index contributed by atoms with van der Waals surface area (Å²) in [6, 6.07) is 3.81. The summed E-state index contributed by atoms with van der Waals surface area (Å²) in [4.78, 5) is 31.8. The first kappa shape index (κ1) is 33.0. The lowest BCUT2D eigenvalue weighted by Crippen LogP contribution is -2.36. The normalized spacial score (nSPS) is 18.2. The van der Waals surface area contributed by atoms with Gasteiger partial charge in [-0.15, -0.1) is 9.42 Å². The molecule has 2 aliphatic rings. The summed E-state index contributed by atoms with van der Waals surface area (Å²) in [5, 5.41) is 19.2. The van der Waals surface area contributed by atoms with Crippen molar-refractivity contribution >= 4 is 37.2 Å². The predicted octanol–water partition coefficient (Wildman–Crippen LogP) is 4.28. The molecule has 1 amide bonds. The van der Waals surface area contributed by atoms with Gasteiger partial charge in [0.25, 0.3) is 0 Å². The molecule has 1 aromatic carbocycles. The number of halogens is 3. The summed E-state index contributed by atoms with van der Waals surface area (Å²) in [6.07, 6.45) is 4.22. The first-order valence-corrected chi connectivity index (χ1v) is 15.3. The second-order valence-electron chi connectivity index (χ2n) is 10.7. The molecule has 244 valence electrons. The smallest absolute Gasteiger partial charge is 0.495 e. The molecule has 1 fully saturated rings. The van der Waals surface area contributed by atoms with Crippen molar-refractivity contribution < 1.29 is 41.8 Å². The van der Waals surface area contributed by atoms with Gasteiger partial charge in [0.15, 0.2) is 0 Å². The first-order chi connectivity index (χ1) is 22.0. The van der Waals surface area contributed by atoms with Gasteiger partial charge in [-0.2, -0.15) is 23.3 Å². The first-order valence-electron chi connectivity index (χ1n) is 14.2. The number of nitrogens with one attached hydrogen (secondary N) is 2. The number of amides is 1. The van der Waals surface area contributed by atoms with Crippen LogP contribution >= 0.6 is 8.25 Å². The lowest BCUT2D eigenvalue weighted by atomic mass is 9.83. The third kappa shape index (κ3) is 7.36. The van der Waals surface area contributed by atoms with E-state index in [0.29, 0.717) is 37.0 Å². The standard InChI is InChI=1S/C29H31F3N7O6P/c1-38-15-20-19(18-12-34-39(14-18)9-3-4-10-40)6-8-23(25(20)27(38)41)35-26-21(29(30,31)32)13-33-28(37-26)36-22-7-5-17(11-24(22)44-2)16-45-46(42)43/h5-8,11-14,23,25,40H,3-4,9-10,15-16H2,1-2H3,(H2-,33,35,36,37,42,43)/p+1. The Hall–Kier alpha value is -4.37. The Morgan fingerprint density at radius 2 is 2.02 bits per heavy atom. The van der Waals surface area contributed by atoms with Crippen molar-refractivity contribution in [2.45, 2.75) is 38.2 Å². The van der Waals surface area contributed by atoms with Crippen molar-refractivity contribution in [1.82, 2.24) is 24.6 Å². The lowest BCUT2D eigenvalue weighted by molar-refractivity contribution is -0.137. The van der Waals surface area contributed by atoms with Crippen LogP contribution in [0.5, 0.6) is 5.75 Å². The number of aliphatic hydroxyl groups is 1. The van der Waals surface area contributed by atoms with Gasteiger partial charge in [-0.25, -0.2) is 4.98 Å². The third-order valence-electron chi connectivity index (χ3n) is 7.59. The number of hydrogen-bond acceptors (Lipinski definition) is 10. The van der Waals surface area contributed by atoms with Gasteiger partial charge < -0.3 is 25.4 Å². The lowest BCUT2D eigenvalue weighted by Gasteiger charge is -2.27. The fourth-order valence-electron chi connectivity index (χ4n) is 5.38. The highest BCUT2D eigenvalue weighted by molar-refractivity contribution is 7.32. The molecule has 1 aliphatic carbocycles. The minimum absolute atomic E-state index is 0.0883. The van der Waals surface area contributed by atoms with E-state index in [9.17, 15) is 22.5 Å². The van der Waals surface area contributed by atoms with Crippen LogP contribution in [0.1, 0.15) is 29.5 Å². The van der Waals surface area contributed by atoms with Gasteiger partial charge in [0, 0.05) is 49.3 Å². The molecule has 46 heavy (non-hydrogen) atoms. The average molecular weight is 663 g/mol. The Morgan fingerprint density at radius 3 is 2.74 bits per heavy atom. The molecule has 3 aromatic rings. The van der Waals surface area contributed by atoms with Crippen LogP contribution in [0.4, 0.5) is 30.6 Å². The second-order valence-corrected chi connectivity index (χ2v) is 11.4. The van der Waals surface area contributed by atoms with Gasteiger partial charge >= 0.3 is 14.4 Å². The molecule has 2 aromatic heterocycles. The number of hydrogen-bond donors (Lipinski definition) is 4. The Kier molecular flexibility index (Phi) is 10.0. The molecule has 3 unspecified atom stereocenters. The quantitative estimate of drug-likeness (QED) is 0.153. The molecule has 0 saturated carbocycles. The maximum atomic E-state index is 14.1. The summed E-state index contributed by atoms with van der Waals surface area (Å²) >= 11 is 0. The fraction of sp³-hybridized carbons (Fsp3) is 0.379. The number of likely N-dealkylation sites (N-methyl/N-ethyl adjacent to an activating group) is 1. The largest absolute Gasteiger partial charge is 0.695 e. The van der Waals surface area contributed by atoms with Crippen molar-refractivity contribution in [2.75, 3.05) is 37.9 Å². The van der Waals surface area contributed by atoms with Crippen molar-refractivity contribution in [3.05, 3.63) is 71.2 Å². The summed E-state index contributed by atoms with van der Waals surface area (Å²) in [5.41, 5.74) is 2.04. The van der Waals surface area contributed by atoms with E-state index in [1.807, 2.05) is 6.20 Å². The molecule has 0 bridgehead atoms. The van der Waals surface area contributed by atoms with Crippen LogP contribution < -0.4 is 15.4 Å².